The number of rotatable bonds is 9. The molecule has 35 heavy (non-hydrogen) atoms. The Kier molecular flexibility index (Phi) is 8.20. The molecule has 1 aliphatic rings. The molecule has 0 aromatic heterocycles. The number of benzene rings is 2. The lowest BCUT2D eigenvalue weighted by molar-refractivity contribution is -0.146. The van der Waals surface area contributed by atoms with Crippen molar-refractivity contribution in [2.75, 3.05) is 19.7 Å². The number of nitrogens with one attached hydrogen (secondary N) is 1. The molecule has 7 heteroatoms. The minimum absolute atomic E-state index is 0.0877. The van der Waals surface area contributed by atoms with Gasteiger partial charge in [0, 0.05) is 12.5 Å². The number of carboxylic acid groups (broad SMARTS) is 1. The summed E-state index contributed by atoms with van der Waals surface area (Å²) in [5.74, 6) is -1.79. The Morgan fingerprint density at radius 1 is 1.03 bits per heavy atom. The number of alkyl carbamates (subject to hydrolysis) is 1. The van der Waals surface area contributed by atoms with E-state index in [-0.39, 0.29) is 30.4 Å². The van der Waals surface area contributed by atoms with Crippen LogP contribution in [0.5, 0.6) is 0 Å². The topological polar surface area (TPSA) is 95.9 Å². The molecule has 0 heterocycles. The normalized spacial score (nSPS) is 14.4. The molecule has 0 spiro atoms. The van der Waals surface area contributed by atoms with Gasteiger partial charge in [-0.05, 0) is 33.6 Å². The third kappa shape index (κ3) is 6.41. The van der Waals surface area contributed by atoms with Gasteiger partial charge in [-0.3, -0.25) is 9.59 Å². The molecular weight excluding hydrogens is 444 g/mol. The molecule has 0 saturated carbocycles. The van der Waals surface area contributed by atoms with Gasteiger partial charge in [0.2, 0.25) is 5.91 Å². The number of fused-ring (bicyclic) bond motifs is 3. The van der Waals surface area contributed by atoms with Crippen molar-refractivity contribution in [1.82, 2.24) is 10.2 Å². The van der Waals surface area contributed by atoms with Crippen molar-refractivity contribution in [2.45, 2.75) is 53.0 Å². The first-order chi connectivity index (χ1) is 16.5. The fourth-order valence-electron chi connectivity index (χ4n) is 4.59. The van der Waals surface area contributed by atoms with Gasteiger partial charge in [-0.15, -0.1) is 0 Å². The van der Waals surface area contributed by atoms with Crippen LogP contribution < -0.4 is 5.32 Å². The third-order valence-corrected chi connectivity index (χ3v) is 6.40. The lowest BCUT2D eigenvalue weighted by Gasteiger charge is -2.33. The zero-order valence-electron chi connectivity index (χ0n) is 21.2. The molecular formula is C28H36N2O5. The smallest absolute Gasteiger partial charge is 0.407 e. The molecule has 0 radical (unpaired) electrons. The molecule has 2 amide bonds. The SMILES string of the molecule is CCC(C)C(NC(=O)OCC1c2ccccc2-c2ccccc21)C(=O)N(CC(=O)O)CC(C)(C)C. The van der Waals surface area contributed by atoms with Crippen LogP contribution in [0.25, 0.3) is 11.1 Å². The molecule has 2 N–H and O–H groups in total. The Hall–Kier alpha value is -3.35. The average molecular weight is 481 g/mol. The van der Waals surface area contributed by atoms with Gasteiger partial charge < -0.3 is 20.1 Å². The standard InChI is InChI=1S/C28H36N2O5/c1-6-18(2)25(26(33)30(15-24(31)32)17-28(3,4)5)29-27(34)35-16-23-21-13-9-7-11-19(21)20-12-8-10-14-22(20)23/h7-14,18,23,25H,6,15-17H2,1-5H3,(H,29,34)(H,31,32). The molecule has 3 rings (SSSR count). The highest BCUT2D eigenvalue weighted by molar-refractivity contribution is 5.88. The number of aliphatic carboxylic acids is 1. The molecule has 2 unspecified atom stereocenters. The van der Waals surface area contributed by atoms with Gasteiger partial charge in [-0.2, -0.15) is 0 Å². The number of nitrogens with zero attached hydrogens (tertiary/aromatic N) is 1. The van der Waals surface area contributed by atoms with Gasteiger partial charge in [-0.25, -0.2) is 4.79 Å². The maximum absolute atomic E-state index is 13.4. The number of hydrogen-bond donors (Lipinski definition) is 2. The molecule has 2 aromatic rings. The van der Waals surface area contributed by atoms with E-state index in [2.05, 4.69) is 17.4 Å². The highest BCUT2D eigenvalue weighted by atomic mass is 16.5. The summed E-state index contributed by atoms with van der Waals surface area (Å²) in [6.45, 7) is 9.58. The fourth-order valence-corrected chi connectivity index (χ4v) is 4.59. The molecule has 7 nitrogen and oxygen atoms in total. The monoisotopic (exact) mass is 480 g/mol. The van der Waals surface area contributed by atoms with E-state index >= 15 is 0 Å². The van der Waals surface area contributed by atoms with Crippen molar-refractivity contribution in [2.24, 2.45) is 11.3 Å². The van der Waals surface area contributed by atoms with Gasteiger partial charge in [-0.1, -0.05) is 89.6 Å². The Morgan fingerprint density at radius 2 is 1.57 bits per heavy atom. The minimum Gasteiger partial charge on any atom is -0.480 e. The highest BCUT2D eigenvalue weighted by Gasteiger charge is 2.34. The van der Waals surface area contributed by atoms with Crippen LogP contribution in [-0.4, -0.2) is 53.7 Å². The molecule has 2 aromatic carbocycles. The maximum atomic E-state index is 13.4. The molecule has 0 aliphatic heterocycles. The predicted molar refractivity (Wildman–Crippen MR) is 135 cm³/mol. The van der Waals surface area contributed by atoms with Crippen LogP contribution in [0.15, 0.2) is 48.5 Å². The van der Waals surface area contributed by atoms with E-state index in [1.807, 2.05) is 71.0 Å². The van der Waals surface area contributed by atoms with Crippen molar-refractivity contribution in [3.05, 3.63) is 59.7 Å². The summed E-state index contributed by atoms with van der Waals surface area (Å²) in [5, 5.41) is 12.1. The average Bonchev–Trinajstić information content (AvgIpc) is 3.12. The summed E-state index contributed by atoms with van der Waals surface area (Å²) in [6, 6.07) is 15.3. The van der Waals surface area contributed by atoms with E-state index in [0.29, 0.717) is 6.42 Å². The second-order valence-electron chi connectivity index (χ2n) is 10.5. The van der Waals surface area contributed by atoms with E-state index in [0.717, 1.165) is 22.3 Å². The second kappa shape index (κ2) is 10.9. The molecule has 188 valence electrons. The van der Waals surface area contributed by atoms with Crippen molar-refractivity contribution < 1.29 is 24.2 Å². The quantitative estimate of drug-likeness (QED) is 0.532. The largest absolute Gasteiger partial charge is 0.480 e. The summed E-state index contributed by atoms with van der Waals surface area (Å²) in [5.41, 5.74) is 4.18. The lowest BCUT2D eigenvalue weighted by Crippen LogP contribution is -2.54. The van der Waals surface area contributed by atoms with Gasteiger partial charge in [0.05, 0.1) is 0 Å². The predicted octanol–water partition coefficient (Wildman–Crippen LogP) is 4.90. The van der Waals surface area contributed by atoms with Crippen LogP contribution in [0.1, 0.15) is 58.1 Å². The zero-order valence-corrected chi connectivity index (χ0v) is 21.2. The first-order valence-corrected chi connectivity index (χ1v) is 12.1. The minimum atomic E-state index is -1.09. The highest BCUT2D eigenvalue weighted by Crippen LogP contribution is 2.44. The summed E-state index contributed by atoms with van der Waals surface area (Å²) in [6.07, 6.45) is -0.0483. The van der Waals surface area contributed by atoms with Crippen molar-refractivity contribution in [1.29, 1.82) is 0 Å². The number of carbonyl (C=O) groups is 3. The van der Waals surface area contributed by atoms with Crippen molar-refractivity contribution >= 4 is 18.0 Å². The maximum Gasteiger partial charge on any atom is 0.407 e. The van der Waals surface area contributed by atoms with E-state index in [1.165, 1.54) is 4.90 Å². The van der Waals surface area contributed by atoms with Crippen LogP contribution in [0.4, 0.5) is 4.79 Å². The van der Waals surface area contributed by atoms with Crippen LogP contribution in [0.2, 0.25) is 0 Å². The summed E-state index contributed by atoms with van der Waals surface area (Å²) < 4.78 is 5.64. The molecule has 1 aliphatic carbocycles. The fraction of sp³-hybridized carbons (Fsp3) is 0.464. The Labute approximate surface area is 207 Å². The number of ether oxygens (including phenoxy) is 1. The Balaban J connectivity index is 1.73. The molecule has 0 fully saturated rings. The zero-order chi connectivity index (χ0) is 25.8. The van der Waals surface area contributed by atoms with E-state index in [1.54, 1.807) is 0 Å². The number of carbonyl (C=O) groups excluding carboxylic acids is 2. The van der Waals surface area contributed by atoms with Crippen molar-refractivity contribution in [3.63, 3.8) is 0 Å². The summed E-state index contributed by atoms with van der Waals surface area (Å²) in [7, 11) is 0. The molecule has 0 saturated heterocycles. The second-order valence-corrected chi connectivity index (χ2v) is 10.5. The third-order valence-electron chi connectivity index (χ3n) is 6.40. The van der Waals surface area contributed by atoms with Gasteiger partial charge in [0.1, 0.15) is 19.2 Å². The van der Waals surface area contributed by atoms with Crippen LogP contribution in [-0.2, 0) is 14.3 Å². The van der Waals surface area contributed by atoms with E-state index in [4.69, 9.17) is 4.74 Å². The number of hydrogen-bond acceptors (Lipinski definition) is 4. The summed E-state index contributed by atoms with van der Waals surface area (Å²) in [4.78, 5) is 39.0. The Bertz CT molecular complexity index is 1030. The van der Waals surface area contributed by atoms with Crippen LogP contribution in [0.3, 0.4) is 0 Å². The summed E-state index contributed by atoms with van der Waals surface area (Å²) >= 11 is 0. The molecule has 0 bridgehead atoms. The van der Waals surface area contributed by atoms with Crippen LogP contribution in [0, 0.1) is 11.3 Å². The lowest BCUT2D eigenvalue weighted by atomic mass is 9.93. The van der Waals surface area contributed by atoms with Gasteiger partial charge in [0.25, 0.3) is 0 Å². The Morgan fingerprint density at radius 3 is 2.06 bits per heavy atom. The van der Waals surface area contributed by atoms with Gasteiger partial charge >= 0.3 is 12.1 Å². The first-order valence-electron chi connectivity index (χ1n) is 12.1. The first kappa shape index (κ1) is 26.3. The van der Waals surface area contributed by atoms with Gasteiger partial charge in [0.15, 0.2) is 0 Å². The number of carboxylic acids is 1. The van der Waals surface area contributed by atoms with E-state index < -0.39 is 30.6 Å². The number of amides is 2. The molecule has 2 atom stereocenters. The van der Waals surface area contributed by atoms with Crippen molar-refractivity contribution in [3.8, 4) is 11.1 Å². The van der Waals surface area contributed by atoms with E-state index in [9.17, 15) is 19.5 Å². The van der Waals surface area contributed by atoms with Crippen LogP contribution >= 0.6 is 0 Å².